The van der Waals surface area contributed by atoms with Crippen LogP contribution in [0.3, 0.4) is 0 Å². The quantitative estimate of drug-likeness (QED) is 0.190. The Balaban J connectivity index is 0.00000420. The Morgan fingerprint density at radius 3 is 2.52 bits per heavy atom. The van der Waals surface area contributed by atoms with Crippen molar-refractivity contribution >= 4 is 41.5 Å². The number of hydrogen-bond acceptors (Lipinski definition) is 3. The van der Waals surface area contributed by atoms with Gasteiger partial charge >= 0.3 is 0 Å². The Bertz CT molecular complexity index is 601. The largest absolute Gasteiger partial charge is 0.378 e. The fourth-order valence-electron chi connectivity index (χ4n) is 3.36. The number of guanidine groups is 1. The summed E-state index contributed by atoms with van der Waals surface area (Å²) in [7, 11) is 0. The summed E-state index contributed by atoms with van der Waals surface area (Å²) < 4.78 is 5.96. The predicted octanol–water partition coefficient (Wildman–Crippen LogP) is 4.10. The van der Waals surface area contributed by atoms with Crippen LogP contribution in [0, 0.1) is 0 Å². The molecule has 29 heavy (non-hydrogen) atoms. The van der Waals surface area contributed by atoms with Crippen LogP contribution in [0.1, 0.15) is 57.9 Å². The van der Waals surface area contributed by atoms with Gasteiger partial charge in [-0.05, 0) is 50.3 Å². The first kappa shape index (κ1) is 25.7. The molecule has 7 heteroatoms. The molecule has 0 atom stereocenters. The summed E-state index contributed by atoms with van der Waals surface area (Å²) in [5.74, 6) is 0.806. The van der Waals surface area contributed by atoms with Crippen LogP contribution in [0.25, 0.3) is 0 Å². The lowest BCUT2D eigenvalue weighted by Gasteiger charge is -2.21. The number of nitrogens with one attached hydrogen (secondary N) is 3. The summed E-state index contributed by atoms with van der Waals surface area (Å²) in [6.07, 6.45) is 8.76. The van der Waals surface area contributed by atoms with Crippen molar-refractivity contribution in [3.63, 3.8) is 0 Å². The van der Waals surface area contributed by atoms with Gasteiger partial charge in [0, 0.05) is 38.9 Å². The molecule has 0 radical (unpaired) electrons. The number of rotatable bonds is 10. The molecule has 0 aromatic heterocycles. The fourth-order valence-corrected chi connectivity index (χ4v) is 3.36. The summed E-state index contributed by atoms with van der Waals surface area (Å²) >= 11 is 0. The van der Waals surface area contributed by atoms with Crippen LogP contribution in [-0.2, 0) is 16.0 Å². The summed E-state index contributed by atoms with van der Waals surface area (Å²) in [4.78, 5) is 15.7. The van der Waals surface area contributed by atoms with E-state index < -0.39 is 0 Å². The number of aliphatic imine (C=N–C) groups is 1. The van der Waals surface area contributed by atoms with Crippen LogP contribution in [0.4, 0.5) is 5.69 Å². The van der Waals surface area contributed by atoms with Gasteiger partial charge in [0.15, 0.2) is 5.96 Å². The molecule has 1 saturated carbocycles. The first-order chi connectivity index (χ1) is 13.7. The van der Waals surface area contributed by atoms with E-state index in [4.69, 9.17) is 4.74 Å². The second-order valence-electron chi connectivity index (χ2n) is 7.30. The Kier molecular flexibility index (Phi) is 13.7. The maximum atomic E-state index is 11.1. The molecular formula is C22H37IN4O2. The van der Waals surface area contributed by atoms with Crippen molar-refractivity contribution in [2.75, 3.05) is 31.6 Å². The Hall–Kier alpha value is -1.35. The van der Waals surface area contributed by atoms with Gasteiger partial charge in [0.25, 0.3) is 0 Å². The van der Waals surface area contributed by atoms with Crippen LogP contribution >= 0.6 is 24.0 Å². The lowest BCUT2D eigenvalue weighted by Crippen LogP contribution is -2.38. The highest BCUT2D eigenvalue weighted by Gasteiger charge is 2.12. The van der Waals surface area contributed by atoms with E-state index >= 15 is 0 Å². The maximum Gasteiger partial charge on any atom is 0.221 e. The third-order valence-corrected chi connectivity index (χ3v) is 4.80. The van der Waals surface area contributed by atoms with Crippen molar-refractivity contribution in [2.45, 2.75) is 64.9 Å². The van der Waals surface area contributed by atoms with Crippen molar-refractivity contribution in [3.8, 4) is 0 Å². The zero-order valence-corrected chi connectivity index (χ0v) is 20.2. The summed E-state index contributed by atoms with van der Waals surface area (Å²) in [5, 5.41) is 9.46. The highest BCUT2D eigenvalue weighted by molar-refractivity contribution is 14.0. The molecule has 0 spiro atoms. The van der Waals surface area contributed by atoms with E-state index in [1.54, 1.807) is 0 Å². The minimum Gasteiger partial charge on any atom is -0.378 e. The number of benzene rings is 1. The molecule has 0 heterocycles. The molecule has 0 saturated heterocycles. The number of carbonyl (C=O) groups excluding carboxylic acids is 1. The van der Waals surface area contributed by atoms with Crippen LogP contribution in [0.15, 0.2) is 29.3 Å². The number of ether oxygens (including phenoxy) is 1. The third kappa shape index (κ3) is 11.4. The zero-order chi connectivity index (χ0) is 20.0. The van der Waals surface area contributed by atoms with E-state index in [0.29, 0.717) is 6.10 Å². The van der Waals surface area contributed by atoms with Crippen molar-refractivity contribution in [1.29, 1.82) is 0 Å². The molecule has 3 N–H and O–H groups in total. The van der Waals surface area contributed by atoms with E-state index in [-0.39, 0.29) is 29.9 Å². The van der Waals surface area contributed by atoms with Gasteiger partial charge in [0.05, 0.1) is 6.10 Å². The molecule has 164 valence electrons. The van der Waals surface area contributed by atoms with Gasteiger partial charge in [-0.2, -0.15) is 0 Å². The number of hydrogen-bond donors (Lipinski definition) is 3. The van der Waals surface area contributed by atoms with Crippen LogP contribution < -0.4 is 16.0 Å². The smallest absolute Gasteiger partial charge is 0.221 e. The lowest BCUT2D eigenvalue weighted by molar-refractivity contribution is -0.114. The van der Waals surface area contributed by atoms with E-state index in [9.17, 15) is 4.79 Å². The van der Waals surface area contributed by atoms with Crippen molar-refractivity contribution in [1.82, 2.24) is 10.6 Å². The highest BCUT2D eigenvalue weighted by Crippen LogP contribution is 2.20. The van der Waals surface area contributed by atoms with Gasteiger partial charge in [0.1, 0.15) is 0 Å². The number of carbonyl (C=O) groups is 1. The minimum atomic E-state index is -0.0509. The normalized spacial score (nSPS) is 14.8. The monoisotopic (exact) mass is 516 g/mol. The summed E-state index contributed by atoms with van der Waals surface area (Å²) in [6, 6.07) is 7.95. The standard InChI is InChI=1S/C22H36N4O2.HI/c1-3-23-22(24-15-7-17-28-21-8-5-4-6-9-21)25-16-14-19-10-12-20(13-11-19)26-18(2)27;/h10-13,21H,3-9,14-17H2,1-2H3,(H,26,27)(H2,23,24,25);1H. The average Bonchev–Trinajstić information content (AvgIpc) is 2.69. The molecule has 2 rings (SSSR count). The molecular weight excluding hydrogens is 479 g/mol. The average molecular weight is 516 g/mol. The predicted molar refractivity (Wildman–Crippen MR) is 131 cm³/mol. The molecule has 1 aromatic rings. The first-order valence-corrected chi connectivity index (χ1v) is 10.7. The molecule has 6 nitrogen and oxygen atoms in total. The molecule has 0 aliphatic heterocycles. The zero-order valence-electron chi connectivity index (χ0n) is 17.8. The van der Waals surface area contributed by atoms with Gasteiger partial charge < -0.3 is 20.7 Å². The molecule has 1 aliphatic carbocycles. The van der Waals surface area contributed by atoms with E-state index in [0.717, 1.165) is 50.7 Å². The summed E-state index contributed by atoms with van der Waals surface area (Å²) in [6.45, 7) is 6.81. The maximum absolute atomic E-state index is 11.1. The van der Waals surface area contributed by atoms with Crippen molar-refractivity contribution in [2.24, 2.45) is 4.99 Å². The Morgan fingerprint density at radius 2 is 1.86 bits per heavy atom. The third-order valence-electron chi connectivity index (χ3n) is 4.80. The minimum absolute atomic E-state index is 0. The van der Waals surface area contributed by atoms with E-state index in [2.05, 4.69) is 27.9 Å². The second-order valence-corrected chi connectivity index (χ2v) is 7.30. The molecule has 1 aliphatic rings. The van der Waals surface area contributed by atoms with Gasteiger partial charge in [-0.15, -0.1) is 24.0 Å². The van der Waals surface area contributed by atoms with Crippen molar-refractivity contribution in [3.05, 3.63) is 29.8 Å². The van der Waals surface area contributed by atoms with E-state index in [1.165, 1.54) is 44.6 Å². The lowest BCUT2D eigenvalue weighted by atomic mass is 9.98. The van der Waals surface area contributed by atoms with Crippen molar-refractivity contribution < 1.29 is 9.53 Å². The van der Waals surface area contributed by atoms with Gasteiger partial charge in [0.2, 0.25) is 5.91 Å². The highest BCUT2D eigenvalue weighted by atomic mass is 127. The molecule has 0 unspecified atom stereocenters. The Labute approximate surface area is 192 Å². The second kappa shape index (κ2) is 15.5. The molecule has 0 bridgehead atoms. The van der Waals surface area contributed by atoms with Crippen LogP contribution in [-0.4, -0.2) is 44.2 Å². The Morgan fingerprint density at radius 1 is 1.14 bits per heavy atom. The van der Waals surface area contributed by atoms with Gasteiger partial charge in [-0.25, -0.2) is 0 Å². The fraction of sp³-hybridized carbons (Fsp3) is 0.636. The number of halogens is 1. The van der Waals surface area contributed by atoms with Gasteiger partial charge in [-0.3, -0.25) is 9.79 Å². The number of amides is 1. The van der Waals surface area contributed by atoms with Crippen LogP contribution in [0.2, 0.25) is 0 Å². The van der Waals surface area contributed by atoms with E-state index in [1.807, 2.05) is 24.3 Å². The first-order valence-electron chi connectivity index (χ1n) is 10.7. The molecule has 1 aromatic carbocycles. The van der Waals surface area contributed by atoms with Crippen LogP contribution in [0.5, 0.6) is 0 Å². The van der Waals surface area contributed by atoms with Gasteiger partial charge in [-0.1, -0.05) is 31.4 Å². The summed E-state index contributed by atoms with van der Waals surface area (Å²) in [5.41, 5.74) is 2.05. The molecule has 1 fully saturated rings. The topological polar surface area (TPSA) is 74.8 Å². The number of anilines is 1. The molecule has 1 amide bonds. The number of nitrogens with zero attached hydrogens (tertiary/aromatic N) is 1. The SMILES string of the molecule is CCNC(=NCCCOC1CCCCC1)NCCc1ccc(NC(C)=O)cc1.I.